The molecule has 0 saturated carbocycles. The van der Waals surface area contributed by atoms with E-state index in [-0.39, 0.29) is 5.25 Å². The van der Waals surface area contributed by atoms with Crippen LogP contribution in [0.3, 0.4) is 0 Å². The molecule has 0 amide bonds. The van der Waals surface area contributed by atoms with E-state index in [4.69, 9.17) is 5.11 Å². The Hall–Kier alpha value is -1.75. The minimum Gasteiger partial charge on any atom is -0.478 e. The second kappa shape index (κ2) is 3.92. The lowest BCUT2D eigenvalue weighted by atomic mass is 10.1. The number of rotatable bonds is 2. The molecule has 0 saturated heterocycles. The topological polar surface area (TPSA) is 55.1 Å². The van der Waals surface area contributed by atoms with Crippen LogP contribution in [0.1, 0.15) is 26.9 Å². The first-order chi connectivity index (χ1) is 8.27. The first-order valence-electron chi connectivity index (χ1n) is 5.21. The Kier molecular flexibility index (Phi) is 2.40. The summed E-state index contributed by atoms with van der Waals surface area (Å²) in [4.78, 5) is 15.3. The van der Waals surface area contributed by atoms with Gasteiger partial charge < -0.3 is 9.67 Å². The molecule has 1 atom stereocenters. The monoisotopic (exact) mass is 246 g/mol. The van der Waals surface area contributed by atoms with Crippen LogP contribution >= 0.6 is 11.8 Å². The Balaban J connectivity index is 2.09. The molecule has 3 rings (SSSR count). The molecule has 1 aliphatic heterocycles. The average molecular weight is 246 g/mol. The van der Waals surface area contributed by atoms with Gasteiger partial charge in [-0.05, 0) is 17.7 Å². The molecule has 2 aromatic rings. The highest BCUT2D eigenvalue weighted by atomic mass is 32.2. The molecule has 0 fully saturated rings. The predicted molar refractivity (Wildman–Crippen MR) is 65.1 cm³/mol. The zero-order valence-electron chi connectivity index (χ0n) is 8.91. The number of nitrogens with zero attached hydrogens (tertiary/aromatic N) is 2. The highest BCUT2D eigenvalue weighted by Crippen LogP contribution is 2.43. The largest absolute Gasteiger partial charge is 0.478 e. The minimum absolute atomic E-state index is 0.0739. The number of aromatic carboxylic acids is 1. The van der Waals surface area contributed by atoms with Gasteiger partial charge in [0, 0.05) is 18.6 Å². The summed E-state index contributed by atoms with van der Waals surface area (Å²) in [7, 11) is 0. The van der Waals surface area contributed by atoms with Crippen LogP contribution in [0.4, 0.5) is 0 Å². The Bertz CT molecular complexity index is 565. The summed E-state index contributed by atoms with van der Waals surface area (Å²) in [6.07, 6.45) is 5.36. The fourth-order valence-electron chi connectivity index (χ4n) is 2.09. The maximum atomic E-state index is 11.2. The number of hydrogen-bond acceptors (Lipinski definition) is 3. The lowest BCUT2D eigenvalue weighted by molar-refractivity contribution is 0.0696. The van der Waals surface area contributed by atoms with Gasteiger partial charge in [0.2, 0.25) is 0 Å². The molecule has 0 radical (unpaired) electrons. The van der Waals surface area contributed by atoms with Crippen molar-refractivity contribution in [1.82, 2.24) is 9.55 Å². The van der Waals surface area contributed by atoms with Gasteiger partial charge in [-0.3, -0.25) is 4.98 Å². The summed E-state index contributed by atoms with van der Waals surface area (Å²) in [5.74, 6) is -0.0718. The van der Waals surface area contributed by atoms with Crippen molar-refractivity contribution in [1.29, 1.82) is 0 Å². The van der Waals surface area contributed by atoms with Crippen LogP contribution in [-0.2, 0) is 5.88 Å². The van der Waals surface area contributed by atoms with E-state index in [1.165, 1.54) is 0 Å². The third kappa shape index (κ3) is 1.63. The van der Waals surface area contributed by atoms with Crippen LogP contribution in [0, 0.1) is 0 Å². The van der Waals surface area contributed by atoms with E-state index in [1.807, 2.05) is 22.9 Å². The van der Waals surface area contributed by atoms with Gasteiger partial charge in [0.05, 0.1) is 22.4 Å². The van der Waals surface area contributed by atoms with Crippen LogP contribution in [0.25, 0.3) is 0 Å². The number of fused-ring (bicyclic) bond motifs is 1. The zero-order valence-corrected chi connectivity index (χ0v) is 9.72. The van der Waals surface area contributed by atoms with Crippen molar-refractivity contribution < 1.29 is 9.90 Å². The SMILES string of the molecule is O=C(O)c1ccn2c1C(c1cccnc1)SC2. The minimum atomic E-state index is -0.866. The Labute approximate surface area is 102 Å². The lowest BCUT2D eigenvalue weighted by Gasteiger charge is -2.09. The van der Waals surface area contributed by atoms with Crippen molar-refractivity contribution in [2.24, 2.45) is 0 Å². The number of pyridine rings is 1. The highest BCUT2D eigenvalue weighted by molar-refractivity contribution is 7.99. The van der Waals surface area contributed by atoms with Gasteiger partial charge in [0.1, 0.15) is 0 Å². The van der Waals surface area contributed by atoms with Gasteiger partial charge >= 0.3 is 5.97 Å². The number of hydrogen-bond donors (Lipinski definition) is 1. The molecule has 0 bridgehead atoms. The van der Waals surface area contributed by atoms with E-state index in [2.05, 4.69) is 4.98 Å². The van der Waals surface area contributed by atoms with E-state index in [0.29, 0.717) is 5.56 Å². The van der Waals surface area contributed by atoms with Gasteiger partial charge in [0.25, 0.3) is 0 Å². The second-order valence-electron chi connectivity index (χ2n) is 3.85. The molecule has 1 N–H and O–H groups in total. The highest BCUT2D eigenvalue weighted by Gasteiger charge is 2.30. The summed E-state index contributed by atoms with van der Waals surface area (Å²) < 4.78 is 1.99. The first kappa shape index (κ1) is 10.4. The lowest BCUT2D eigenvalue weighted by Crippen LogP contribution is -2.04. The van der Waals surface area contributed by atoms with Crippen LogP contribution in [0.15, 0.2) is 36.8 Å². The molecular formula is C12H10N2O2S. The van der Waals surface area contributed by atoms with Crippen molar-refractivity contribution in [3.8, 4) is 0 Å². The third-order valence-electron chi connectivity index (χ3n) is 2.85. The molecule has 5 heteroatoms. The molecule has 0 aromatic carbocycles. The summed E-state index contributed by atoms with van der Waals surface area (Å²) in [5.41, 5.74) is 2.32. The van der Waals surface area contributed by atoms with E-state index in [0.717, 1.165) is 17.1 Å². The smallest absolute Gasteiger partial charge is 0.337 e. The first-order valence-corrected chi connectivity index (χ1v) is 6.26. The van der Waals surface area contributed by atoms with Gasteiger partial charge in [-0.1, -0.05) is 6.07 Å². The Morgan fingerprint density at radius 2 is 2.41 bits per heavy atom. The van der Waals surface area contributed by atoms with Crippen LogP contribution in [-0.4, -0.2) is 20.6 Å². The molecule has 0 aliphatic carbocycles. The fourth-order valence-corrected chi connectivity index (χ4v) is 3.38. The van der Waals surface area contributed by atoms with E-state index >= 15 is 0 Å². The molecule has 1 unspecified atom stereocenters. The van der Waals surface area contributed by atoms with E-state index in [1.54, 1.807) is 30.2 Å². The van der Waals surface area contributed by atoms with E-state index < -0.39 is 5.97 Å². The Morgan fingerprint density at radius 1 is 1.53 bits per heavy atom. The Morgan fingerprint density at radius 3 is 3.12 bits per heavy atom. The molecule has 1 aliphatic rings. The number of carboxylic acids is 1. The molecule has 4 nitrogen and oxygen atoms in total. The van der Waals surface area contributed by atoms with Crippen LogP contribution in [0.2, 0.25) is 0 Å². The molecule has 0 spiro atoms. The van der Waals surface area contributed by atoms with Gasteiger partial charge in [-0.2, -0.15) is 0 Å². The molecule has 86 valence electrons. The quantitative estimate of drug-likeness (QED) is 0.883. The molecule has 2 aromatic heterocycles. The van der Waals surface area contributed by atoms with Gasteiger partial charge in [0.15, 0.2) is 0 Å². The summed E-state index contributed by atoms with van der Waals surface area (Å²) in [6, 6.07) is 5.53. The van der Waals surface area contributed by atoms with E-state index in [9.17, 15) is 4.79 Å². The van der Waals surface area contributed by atoms with Crippen molar-refractivity contribution in [3.05, 3.63) is 53.6 Å². The van der Waals surface area contributed by atoms with Gasteiger partial charge in [-0.15, -0.1) is 11.8 Å². The predicted octanol–water partition coefficient (Wildman–Crippen LogP) is 2.38. The number of carboxylic acid groups (broad SMARTS) is 1. The van der Waals surface area contributed by atoms with Crippen LogP contribution < -0.4 is 0 Å². The van der Waals surface area contributed by atoms with Crippen molar-refractivity contribution >= 4 is 17.7 Å². The van der Waals surface area contributed by atoms with Crippen molar-refractivity contribution in [3.63, 3.8) is 0 Å². The zero-order chi connectivity index (χ0) is 11.8. The maximum absolute atomic E-state index is 11.2. The third-order valence-corrected chi connectivity index (χ3v) is 4.11. The summed E-state index contributed by atoms with van der Waals surface area (Å²) in [5, 5.41) is 9.24. The number of carbonyl (C=O) groups is 1. The van der Waals surface area contributed by atoms with Crippen molar-refractivity contribution in [2.45, 2.75) is 11.1 Å². The number of thioether (sulfide) groups is 1. The summed E-state index contributed by atoms with van der Waals surface area (Å²) in [6.45, 7) is 0. The maximum Gasteiger partial charge on any atom is 0.337 e. The molecule has 3 heterocycles. The molecular weight excluding hydrogens is 236 g/mol. The standard InChI is InChI=1S/C12H10N2O2S/c15-12(16)9-3-5-14-7-17-11(10(9)14)8-2-1-4-13-6-8/h1-6,11H,7H2,(H,15,16). The van der Waals surface area contributed by atoms with Crippen molar-refractivity contribution in [2.75, 3.05) is 0 Å². The fraction of sp³-hybridized carbons (Fsp3) is 0.167. The summed E-state index contributed by atoms with van der Waals surface area (Å²) >= 11 is 1.72. The average Bonchev–Trinajstić information content (AvgIpc) is 2.90. The number of aromatic nitrogens is 2. The van der Waals surface area contributed by atoms with Gasteiger partial charge in [-0.25, -0.2) is 4.79 Å². The second-order valence-corrected chi connectivity index (χ2v) is 4.91. The van der Waals surface area contributed by atoms with Crippen LogP contribution in [0.5, 0.6) is 0 Å². The normalized spacial score (nSPS) is 18.0. The molecule has 17 heavy (non-hydrogen) atoms.